The summed E-state index contributed by atoms with van der Waals surface area (Å²) in [5, 5.41) is 26.6. The molecule has 4 atom stereocenters. The quantitative estimate of drug-likeness (QED) is 0.296. The van der Waals surface area contributed by atoms with E-state index in [2.05, 4.69) is 10.6 Å². The van der Waals surface area contributed by atoms with E-state index in [1.54, 1.807) is 30.3 Å². The number of nitrogens with zero attached hydrogens (tertiary/aromatic N) is 1. The number of benzene rings is 3. The van der Waals surface area contributed by atoms with Crippen LogP contribution in [0.3, 0.4) is 0 Å². The minimum atomic E-state index is -1.42. The maximum atomic E-state index is 14.0. The zero-order valence-electron chi connectivity index (χ0n) is 20.6. The Morgan fingerprint density at radius 3 is 2.45 bits per heavy atom. The number of carbonyl (C=O) groups excluding carboxylic acids is 3. The van der Waals surface area contributed by atoms with E-state index < -0.39 is 29.3 Å². The average Bonchev–Trinajstić information content (AvgIpc) is 3.47. The van der Waals surface area contributed by atoms with Gasteiger partial charge >= 0.3 is 0 Å². The van der Waals surface area contributed by atoms with Gasteiger partial charge in [0.1, 0.15) is 5.54 Å². The van der Waals surface area contributed by atoms with E-state index in [4.69, 9.17) is 11.6 Å². The molecular weight excluding hydrogens is 506 g/mol. The zero-order chi connectivity index (χ0) is 26.8. The van der Waals surface area contributed by atoms with Gasteiger partial charge in [-0.3, -0.25) is 24.6 Å². The third kappa shape index (κ3) is 3.51. The Morgan fingerprint density at radius 2 is 1.71 bits per heavy atom. The average molecular weight is 532 g/mol. The number of hydrogen-bond acceptors (Lipinski definition) is 6. The highest BCUT2D eigenvalue weighted by atomic mass is 35.5. The number of aromatic hydroxyl groups is 2. The molecule has 38 heavy (non-hydrogen) atoms. The summed E-state index contributed by atoms with van der Waals surface area (Å²) >= 11 is 6.36. The molecule has 3 amide bonds. The van der Waals surface area contributed by atoms with Crippen LogP contribution in [0.5, 0.6) is 11.5 Å². The van der Waals surface area contributed by atoms with E-state index in [1.165, 1.54) is 17.0 Å². The molecule has 0 aliphatic carbocycles. The molecule has 2 unspecified atom stereocenters. The first-order valence-electron chi connectivity index (χ1n) is 12.6. The van der Waals surface area contributed by atoms with Crippen molar-refractivity contribution in [1.82, 2.24) is 10.2 Å². The number of carbonyl (C=O) groups is 3. The first-order valence-corrected chi connectivity index (χ1v) is 12.9. The highest BCUT2D eigenvalue weighted by molar-refractivity contribution is 6.31. The molecule has 3 aromatic carbocycles. The van der Waals surface area contributed by atoms with Gasteiger partial charge in [-0.15, -0.1) is 0 Å². The van der Waals surface area contributed by atoms with Crippen molar-refractivity contribution in [2.24, 2.45) is 11.8 Å². The van der Waals surface area contributed by atoms with Crippen LogP contribution in [0.4, 0.5) is 5.69 Å². The number of aryl methyl sites for hydroxylation is 1. The van der Waals surface area contributed by atoms with Crippen LogP contribution in [-0.4, -0.2) is 38.9 Å². The van der Waals surface area contributed by atoms with Crippen LogP contribution in [-0.2, 0) is 39.3 Å². The Hall–Kier alpha value is -3.88. The highest BCUT2D eigenvalue weighted by Crippen LogP contribution is 2.53. The Labute approximate surface area is 224 Å². The summed E-state index contributed by atoms with van der Waals surface area (Å²) in [7, 11) is 0. The lowest BCUT2D eigenvalue weighted by Gasteiger charge is -2.30. The minimum Gasteiger partial charge on any atom is -0.504 e. The summed E-state index contributed by atoms with van der Waals surface area (Å²) in [5.41, 5.74) is 2.16. The van der Waals surface area contributed by atoms with Crippen molar-refractivity contribution < 1.29 is 24.6 Å². The van der Waals surface area contributed by atoms with Crippen LogP contribution in [0.15, 0.2) is 60.7 Å². The van der Waals surface area contributed by atoms with Crippen molar-refractivity contribution in [3.8, 4) is 11.5 Å². The second kappa shape index (κ2) is 8.85. The van der Waals surface area contributed by atoms with Gasteiger partial charge in [0.25, 0.3) is 0 Å². The number of likely N-dealkylation sites (tertiary alicyclic amines) is 1. The number of phenolic OH excluding ortho intramolecular Hbond substituents is 2. The second-order valence-electron chi connectivity index (χ2n) is 10.1. The summed E-state index contributed by atoms with van der Waals surface area (Å²) in [5.74, 6) is -3.47. The lowest BCUT2D eigenvalue weighted by molar-refractivity contribution is -0.143. The standard InChI is InChI=1S/C29H26ClN3O5/c1-2-15-7-9-20-18(11-15)29(28(38)31-20)25-24(21(32-29)12-16-8-10-22(34)23(35)13-16)26(36)33(27(25)37)14-17-5-3-4-6-19(17)30/h3-11,13,21,24-25,32,34-35H,2,12,14H2,1H3,(H,31,38)/t21?,24-,25+,29?/m1/s1. The molecule has 3 aliphatic heterocycles. The maximum absolute atomic E-state index is 14.0. The molecule has 8 nitrogen and oxygen atoms in total. The highest BCUT2D eigenvalue weighted by Gasteiger charge is 2.70. The third-order valence-electron chi connectivity index (χ3n) is 8.06. The Morgan fingerprint density at radius 1 is 0.947 bits per heavy atom. The number of nitrogens with one attached hydrogen (secondary N) is 2. The summed E-state index contributed by atoms with van der Waals surface area (Å²) in [6, 6.07) is 16.6. The van der Waals surface area contributed by atoms with Gasteiger partial charge in [0, 0.05) is 22.3 Å². The van der Waals surface area contributed by atoms with Gasteiger partial charge in [-0.05, 0) is 53.8 Å². The molecule has 0 radical (unpaired) electrons. The molecule has 0 bridgehead atoms. The van der Waals surface area contributed by atoms with Gasteiger partial charge in [-0.1, -0.05) is 54.9 Å². The van der Waals surface area contributed by atoms with Crippen LogP contribution >= 0.6 is 11.6 Å². The molecule has 194 valence electrons. The third-order valence-corrected chi connectivity index (χ3v) is 8.43. The van der Waals surface area contributed by atoms with Crippen molar-refractivity contribution in [1.29, 1.82) is 0 Å². The summed E-state index contributed by atoms with van der Waals surface area (Å²) < 4.78 is 0. The monoisotopic (exact) mass is 531 g/mol. The van der Waals surface area contributed by atoms with Crippen LogP contribution in [0.25, 0.3) is 0 Å². The molecule has 9 heteroatoms. The molecule has 3 aliphatic rings. The van der Waals surface area contributed by atoms with Crippen molar-refractivity contribution in [2.75, 3.05) is 5.32 Å². The molecule has 6 rings (SSSR count). The van der Waals surface area contributed by atoms with Gasteiger partial charge in [0.15, 0.2) is 11.5 Å². The van der Waals surface area contributed by atoms with E-state index in [-0.39, 0.29) is 36.3 Å². The van der Waals surface area contributed by atoms with Crippen molar-refractivity contribution in [3.05, 3.63) is 87.9 Å². The lowest BCUT2D eigenvalue weighted by atomic mass is 9.76. The second-order valence-corrected chi connectivity index (χ2v) is 10.5. The number of phenols is 2. The molecular formula is C29H26ClN3O5. The predicted molar refractivity (Wildman–Crippen MR) is 141 cm³/mol. The molecule has 0 aromatic heterocycles. The molecule has 2 fully saturated rings. The fourth-order valence-electron chi connectivity index (χ4n) is 6.21. The topological polar surface area (TPSA) is 119 Å². The van der Waals surface area contributed by atoms with Gasteiger partial charge in [0.2, 0.25) is 17.7 Å². The van der Waals surface area contributed by atoms with Crippen molar-refractivity contribution >= 4 is 35.0 Å². The first kappa shape index (κ1) is 24.5. The SMILES string of the molecule is CCc1ccc2c(c1)C1(NC(Cc3ccc(O)c(O)c3)[C@H]3C(=O)N(Cc4ccccc4Cl)C(=O)[C@H]31)C(=O)N2. The fraction of sp³-hybridized carbons (Fsp3) is 0.276. The molecule has 1 spiro atoms. The van der Waals surface area contributed by atoms with Gasteiger partial charge < -0.3 is 15.5 Å². The minimum absolute atomic E-state index is 0.0105. The molecule has 3 aromatic rings. The molecule has 0 saturated carbocycles. The normalized spacial score (nSPS) is 25.7. The number of anilines is 1. The van der Waals surface area contributed by atoms with Gasteiger partial charge in [-0.2, -0.15) is 0 Å². The largest absolute Gasteiger partial charge is 0.504 e. The predicted octanol–water partition coefficient (Wildman–Crippen LogP) is 3.48. The summed E-state index contributed by atoms with van der Waals surface area (Å²) in [4.78, 5) is 42.9. The van der Waals surface area contributed by atoms with E-state index in [9.17, 15) is 24.6 Å². The number of amides is 3. The molecule has 2 saturated heterocycles. The smallest absolute Gasteiger partial charge is 0.250 e. The number of halogens is 1. The fourth-order valence-corrected chi connectivity index (χ4v) is 6.40. The number of fused-ring (bicyclic) bond motifs is 4. The van der Waals surface area contributed by atoms with Crippen LogP contribution in [0.2, 0.25) is 5.02 Å². The van der Waals surface area contributed by atoms with Gasteiger partial charge in [0.05, 0.1) is 18.4 Å². The number of hydrogen-bond donors (Lipinski definition) is 4. The van der Waals surface area contributed by atoms with Crippen molar-refractivity contribution in [3.63, 3.8) is 0 Å². The van der Waals surface area contributed by atoms with Gasteiger partial charge in [-0.25, -0.2) is 0 Å². The Bertz CT molecular complexity index is 1510. The Balaban J connectivity index is 1.46. The number of imide groups is 1. The van der Waals surface area contributed by atoms with Crippen molar-refractivity contribution in [2.45, 2.75) is 37.9 Å². The van der Waals surface area contributed by atoms with Crippen LogP contribution in [0.1, 0.15) is 29.2 Å². The molecule has 4 N–H and O–H groups in total. The van der Waals surface area contributed by atoms with E-state index in [1.807, 2.05) is 25.1 Å². The number of rotatable bonds is 5. The van der Waals surface area contributed by atoms with Crippen LogP contribution in [0, 0.1) is 11.8 Å². The van der Waals surface area contributed by atoms with E-state index in [0.29, 0.717) is 27.4 Å². The van der Waals surface area contributed by atoms with E-state index >= 15 is 0 Å². The van der Waals surface area contributed by atoms with E-state index in [0.717, 1.165) is 12.0 Å². The summed E-state index contributed by atoms with van der Waals surface area (Å²) in [6.45, 7) is 2.02. The Kier molecular flexibility index (Phi) is 5.70. The summed E-state index contributed by atoms with van der Waals surface area (Å²) in [6.07, 6.45) is 0.999. The first-order chi connectivity index (χ1) is 18.2. The molecule has 3 heterocycles. The van der Waals surface area contributed by atoms with Crippen LogP contribution < -0.4 is 10.6 Å². The maximum Gasteiger partial charge on any atom is 0.250 e. The lowest BCUT2D eigenvalue weighted by Crippen LogP contribution is -2.53. The zero-order valence-corrected chi connectivity index (χ0v) is 21.3.